The smallest absolute Gasteiger partial charge is 0.0860 e. The van der Waals surface area contributed by atoms with Crippen LogP contribution in [-0.4, -0.2) is 33.3 Å². The lowest BCUT2D eigenvalue weighted by Gasteiger charge is -2.38. The Hall–Kier alpha value is -0.580. The first kappa shape index (κ1) is 14.8. The van der Waals surface area contributed by atoms with Crippen LogP contribution in [0.1, 0.15) is 44.5 Å². The summed E-state index contributed by atoms with van der Waals surface area (Å²) in [6, 6.07) is 0.670. The van der Waals surface area contributed by atoms with E-state index in [4.69, 9.17) is 17.3 Å². The van der Waals surface area contributed by atoms with Crippen LogP contribution in [0, 0.1) is 6.92 Å². The molecule has 19 heavy (non-hydrogen) atoms. The van der Waals surface area contributed by atoms with E-state index in [1.165, 1.54) is 19.3 Å². The summed E-state index contributed by atoms with van der Waals surface area (Å²) < 4.78 is 2.02. The topological polar surface area (TPSA) is 47.1 Å². The lowest BCUT2D eigenvalue weighted by Crippen LogP contribution is -2.48. The third kappa shape index (κ3) is 3.12. The lowest BCUT2D eigenvalue weighted by atomic mass is 9.97. The van der Waals surface area contributed by atoms with Gasteiger partial charge in [0, 0.05) is 25.2 Å². The van der Waals surface area contributed by atoms with Crippen molar-refractivity contribution in [1.29, 1.82) is 0 Å². The first-order valence-electron chi connectivity index (χ1n) is 7.26. The molecule has 1 aliphatic heterocycles. The summed E-state index contributed by atoms with van der Waals surface area (Å²) in [5.41, 5.74) is 8.19. The predicted octanol–water partition coefficient (Wildman–Crippen LogP) is 2.57. The van der Waals surface area contributed by atoms with Crippen molar-refractivity contribution in [2.24, 2.45) is 5.73 Å². The van der Waals surface area contributed by atoms with Crippen LogP contribution in [-0.2, 0) is 13.1 Å². The van der Waals surface area contributed by atoms with E-state index in [0.717, 1.165) is 36.0 Å². The molecule has 5 heteroatoms. The summed E-state index contributed by atoms with van der Waals surface area (Å²) in [5, 5.41) is 5.31. The minimum Gasteiger partial charge on any atom is -0.327 e. The van der Waals surface area contributed by atoms with Crippen LogP contribution in [0.2, 0.25) is 5.02 Å². The fourth-order valence-corrected chi connectivity index (χ4v) is 3.22. The Kier molecular flexibility index (Phi) is 4.87. The average molecular weight is 285 g/mol. The molecule has 108 valence electrons. The summed E-state index contributed by atoms with van der Waals surface area (Å²) in [6.45, 7) is 9.01. The highest BCUT2D eigenvalue weighted by Gasteiger charge is 2.27. The van der Waals surface area contributed by atoms with Crippen molar-refractivity contribution in [3.05, 3.63) is 16.4 Å². The van der Waals surface area contributed by atoms with Crippen LogP contribution >= 0.6 is 11.6 Å². The van der Waals surface area contributed by atoms with Gasteiger partial charge >= 0.3 is 0 Å². The molecule has 0 spiro atoms. The van der Waals surface area contributed by atoms with Gasteiger partial charge in [-0.1, -0.05) is 18.0 Å². The van der Waals surface area contributed by atoms with Crippen LogP contribution in [0.4, 0.5) is 0 Å². The lowest BCUT2D eigenvalue weighted by molar-refractivity contribution is 0.119. The van der Waals surface area contributed by atoms with Gasteiger partial charge in [0.25, 0.3) is 0 Å². The maximum atomic E-state index is 6.40. The molecule has 4 nitrogen and oxygen atoms in total. The molecular weight excluding hydrogens is 260 g/mol. The largest absolute Gasteiger partial charge is 0.327 e. The van der Waals surface area contributed by atoms with E-state index in [1.54, 1.807) is 0 Å². The molecule has 1 aromatic rings. The standard InChI is InChI=1S/C14H25ClN4/c1-4-19-13(14(15)11(3)17-19)9-18-8-6-5-7-12(18)10(2)16/h10,12H,4-9,16H2,1-3H3. The molecule has 0 aromatic carbocycles. The highest BCUT2D eigenvalue weighted by molar-refractivity contribution is 6.31. The number of aromatic nitrogens is 2. The van der Waals surface area contributed by atoms with Crippen molar-refractivity contribution in [2.45, 2.75) is 65.2 Å². The molecule has 0 aliphatic carbocycles. The van der Waals surface area contributed by atoms with E-state index in [0.29, 0.717) is 6.04 Å². The van der Waals surface area contributed by atoms with Crippen molar-refractivity contribution in [3.63, 3.8) is 0 Å². The molecule has 2 heterocycles. The van der Waals surface area contributed by atoms with Crippen molar-refractivity contribution in [3.8, 4) is 0 Å². The molecule has 1 aromatic heterocycles. The number of aryl methyl sites for hydroxylation is 2. The SMILES string of the molecule is CCn1nc(C)c(Cl)c1CN1CCCCC1C(C)N. The number of rotatable bonds is 4. The number of piperidine rings is 1. The van der Waals surface area contributed by atoms with Gasteiger partial charge < -0.3 is 5.73 Å². The zero-order chi connectivity index (χ0) is 14.0. The maximum absolute atomic E-state index is 6.40. The second kappa shape index (κ2) is 6.25. The van der Waals surface area contributed by atoms with Crippen LogP contribution in [0.5, 0.6) is 0 Å². The van der Waals surface area contributed by atoms with Gasteiger partial charge in [-0.25, -0.2) is 0 Å². The molecule has 1 aliphatic rings. The second-order valence-electron chi connectivity index (χ2n) is 5.55. The van der Waals surface area contributed by atoms with Gasteiger partial charge in [0.15, 0.2) is 0 Å². The van der Waals surface area contributed by atoms with Crippen molar-refractivity contribution in [2.75, 3.05) is 6.54 Å². The van der Waals surface area contributed by atoms with Gasteiger partial charge in [-0.2, -0.15) is 5.10 Å². The molecule has 2 N–H and O–H groups in total. The normalized spacial score (nSPS) is 22.7. The maximum Gasteiger partial charge on any atom is 0.0860 e. The minimum absolute atomic E-state index is 0.207. The van der Waals surface area contributed by atoms with Gasteiger partial charge in [0.05, 0.1) is 16.4 Å². The van der Waals surface area contributed by atoms with Gasteiger partial charge in [0.2, 0.25) is 0 Å². The Morgan fingerprint density at radius 1 is 1.47 bits per heavy atom. The minimum atomic E-state index is 0.207. The van der Waals surface area contributed by atoms with E-state index < -0.39 is 0 Å². The Bertz CT molecular complexity index is 427. The predicted molar refractivity (Wildman–Crippen MR) is 79.3 cm³/mol. The van der Waals surface area contributed by atoms with Crippen molar-refractivity contribution < 1.29 is 0 Å². The van der Waals surface area contributed by atoms with Gasteiger partial charge in [-0.05, 0) is 40.2 Å². The quantitative estimate of drug-likeness (QED) is 0.924. The summed E-state index contributed by atoms with van der Waals surface area (Å²) in [7, 11) is 0. The average Bonchev–Trinajstić information content (AvgIpc) is 2.67. The van der Waals surface area contributed by atoms with Gasteiger partial charge in [-0.15, -0.1) is 0 Å². The number of nitrogens with two attached hydrogens (primary N) is 1. The van der Waals surface area contributed by atoms with Crippen LogP contribution in [0.25, 0.3) is 0 Å². The Morgan fingerprint density at radius 2 is 2.21 bits per heavy atom. The molecule has 0 saturated carbocycles. The summed E-state index contributed by atoms with van der Waals surface area (Å²) in [6.07, 6.45) is 3.72. The highest BCUT2D eigenvalue weighted by Crippen LogP contribution is 2.26. The molecular formula is C14H25ClN4. The Balaban J connectivity index is 2.19. The first-order chi connectivity index (χ1) is 9.04. The van der Waals surface area contributed by atoms with Gasteiger partial charge in [-0.3, -0.25) is 9.58 Å². The number of hydrogen-bond donors (Lipinski definition) is 1. The summed E-state index contributed by atoms with van der Waals surface area (Å²) in [4.78, 5) is 2.47. The fourth-order valence-electron chi connectivity index (χ4n) is 3.02. The Labute approximate surface area is 120 Å². The summed E-state index contributed by atoms with van der Waals surface area (Å²) in [5.74, 6) is 0. The first-order valence-corrected chi connectivity index (χ1v) is 7.63. The molecule has 1 fully saturated rings. The zero-order valence-electron chi connectivity index (χ0n) is 12.2. The van der Waals surface area contributed by atoms with E-state index in [2.05, 4.69) is 23.8 Å². The number of nitrogens with zero attached hydrogens (tertiary/aromatic N) is 3. The molecule has 2 atom stereocenters. The van der Waals surface area contributed by atoms with Gasteiger partial charge in [0.1, 0.15) is 0 Å². The van der Waals surface area contributed by atoms with E-state index in [9.17, 15) is 0 Å². The van der Waals surface area contributed by atoms with Crippen LogP contribution < -0.4 is 5.73 Å². The molecule has 0 amide bonds. The molecule has 0 radical (unpaired) electrons. The zero-order valence-corrected chi connectivity index (χ0v) is 13.0. The fraction of sp³-hybridized carbons (Fsp3) is 0.786. The molecule has 2 unspecified atom stereocenters. The van der Waals surface area contributed by atoms with Crippen molar-refractivity contribution in [1.82, 2.24) is 14.7 Å². The molecule has 2 rings (SSSR count). The third-order valence-corrected chi connectivity index (χ3v) is 4.57. The third-order valence-electron chi connectivity index (χ3n) is 4.08. The number of likely N-dealkylation sites (tertiary alicyclic amines) is 1. The highest BCUT2D eigenvalue weighted by atomic mass is 35.5. The van der Waals surface area contributed by atoms with Crippen LogP contribution in [0.15, 0.2) is 0 Å². The second-order valence-corrected chi connectivity index (χ2v) is 5.93. The molecule has 1 saturated heterocycles. The van der Waals surface area contributed by atoms with Crippen LogP contribution in [0.3, 0.4) is 0 Å². The number of halogens is 1. The molecule has 0 bridgehead atoms. The van der Waals surface area contributed by atoms with E-state index in [-0.39, 0.29) is 6.04 Å². The van der Waals surface area contributed by atoms with Crippen molar-refractivity contribution >= 4 is 11.6 Å². The summed E-state index contributed by atoms with van der Waals surface area (Å²) >= 11 is 6.40. The monoisotopic (exact) mass is 284 g/mol. The van der Waals surface area contributed by atoms with E-state index >= 15 is 0 Å². The Morgan fingerprint density at radius 3 is 2.84 bits per heavy atom. The van der Waals surface area contributed by atoms with E-state index in [1.807, 2.05) is 11.6 Å². The number of hydrogen-bond acceptors (Lipinski definition) is 3.